The van der Waals surface area contributed by atoms with Gasteiger partial charge in [0.2, 0.25) is 0 Å². The van der Waals surface area contributed by atoms with Gasteiger partial charge in [0.05, 0.1) is 39.0 Å². The maximum absolute atomic E-state index is 2.68. The summed E-state index contributed by atoms with van der Waals surface area (Å²) in [5.74, 6) is 0. The molecule has 19 rings (SSSR count). The molecule has 0 N–H and O–H groups in total. The molecule has 384 valence electrons. The molecule has 0 amide bonds. The molecule has 13 aromatic carbocycles. The molecule has 0 atom stereocenters. The molecule has 2 heteroatoms. The van der Waals surface area contributed by atoms with Crippen molar-refractivity contribution in [1.29, 1.82) is 0 Å². The highest BCUT2D eigenvalue weighted by Gasteiger charge is 2.56. The van der Waals surface area contributed by atoms with E-state index in [1.54, 1.807) is 0 Å². The van der Waals surface area contributed by atoms with Crippen molar-refractivity contribution in [2.24, 2.45) is 0 Å². The Kier molecular flexibility index (Phi) is 8.89. The fourth-order valence-electron chi connectivity index (χ4n) is 17.1. The number of fused-ring (bicyclic) bond motifs is 29. The zero-order valence-electron chi connectivity index (χ0n) is 45.3. The van der Waals surface area contributed by atoms with Crippen LogP contribution >= 0.6 is 0 Å². The standard InChI is InChI=1S/C81H50N2/c1-2-24-51(25-3-1)82-73-44-20-18-40-68(73)81(69-41-19-21-45-74(69)82)65-37-15-8-30-57(65)58-49-48-52(50-72(58)81)83(75-46-22-42-70-77(75)59-31-9-16-38-66(59)79(70)61-33-11-4-26-53(61)54-27-5-12-34-62(54)79)76-47-23-43-71-78(76)60-32-10-17-39-67(60)80(71)63-35-13-6-28-55(63)56-29-7-14-36-64(56)80/h1-50H. The second kappa shape index (κ2) is 16.3. The van der Waals surface area contributed by atoms with E-state index in [0.29, 0.717) is 0 Å². The molecule has 1 aliphatic heterocycles. The van der Waals surface area contributed by atoms with E-state index >= 15 is 0 Å². The normalized spacial score (nSPS) is 15.0. The zero-order chi connectivity index (χ0) is 54.2. The molecule has 0 bridgehead atoms. The lowest BCUT2D eigenvalue weighted by molar-refractivity contribution is 0.752. The van der Waals surface area contributed by atoms with E-state index in [9.17, 15) is 0 Å². The summed E-state index contributed by atoms with van der Waals surface area (Å²) in [6.07, 6.45) is 0. The monoisotopic (exact) mass is 1050 g/mol. The number of nitrogens with zero attached hydrogens (tertiary/aromatic N) is 2. The predicted octanol–water partition coefficient (Wildman–Crippen LogP) is 20.0. The van der Waals surface area contributed by atoms with Gasteiger partial charge in [-0.25, -0.2) is 0 Å². The van der Waals surface area contributed by atoms with E-state index < -0.39 is 16.2 Å². The van der Waals surface area contributed by atoms with Crippen LogP contribution in [0.1, 0.15) is 66.8 Å². The second-order valence-electron chi connectivity index (χ2n) is 23.2. The molecular formula is C81H50N2. The van der Waals surface area contributed by atoms with Gasteiger partial charge in [0.15, 0.2) is 0 Å². The first kappa shape index (κ1) is 45.2. The SMILES string of the molecule is c1ccc(N2c3ccccc3C3(c4ccccc4-c4ccc(N(c5cccc6c5-c5ccccc5C65c6ccccc6-c6ccccc65)c5cccc6c5-c5ccccc5C65c6ccccc6-c6ccccc65)cc43)c3ccccc32)cc1. The van der Waals surface area contributed by atoms with Gasteiger partial charge in [-0.1, -0.05) is 255 Å². The van der Waals surface area contributed by atoms with Crippen molar-refractivity contribution in [2.75, 3.05) is 9.80 Å². The largest absolute Gasteiger partial charge is 0.310 e. The van der Waals surface area contributed by atoms with Crippen molar-refractivity contribution < 1.29 is 0 Å². The molecule has 0 aromatic heterocycles. The first-order valence-electron chi connectivity index (χ1n) is 29.2. The molecule has 0 saturated carbocycles. The van der Waals surface area contributed by atoms with E-state index in [1.165, 1.54) is 134 Å². The summed E-state index contributed by atoms with van der Waals surface area (Å²) < 4.78 is 0. The summed E-state index contributed by atoms with van der Waals surface area (Å²) >= 11 is 0. The Morgan fingerprint density at radius 3 is 0.928 bits per heavy atom. The molecule has 6 aliphatic rings. The van der Waals surface area contributed by atoms with Crippen LogP contribution in [0.2, 0.25) is 0 Å². The topological polar surface area (TPSA) is 6.48 Å². The van der Waals surface area contributed by atoms with Gasteiger partial charge >= 0.3 is 0 Å². The molecule has 13 aromatic rings. The maximum Gasteiger partial charge on any atom is 0.0755 e. The van der Waals surface area contributed by atoms with E-state index in [2.05, 4.69) is 313 Å². The third-order valence-electron chi connectivity index (χ3n) is 19.9. The van der Waals surface area contributed by atoms with Crippen molar-refractivity contribution in [2.45, 2.75) is 16.2 Å². The van der Waals surface area contributed by atoms with Crippen LogP contribution in [-0.4, -0.2) is 0 Å². The van der Waals surface area contributed by atoms with Crippen molar-refractivity contribution in [3.05, 3.63) is 370 Å². The van der Waals surface area contributed by atoms with Crippen molar-refractivity contribution in [3.63, 3.8) is 0 Å². The first-order chi connectivity index (χ1) is 41.2. The van der Waals surface area contributed by atoms with Crippen LogP contribution < -0.4 is 9.80 Å². The fourth-order valence-corrected chi connectivity index (χ4v) is 17.1. The zero-order valence-corrected chi connectivity index (χ0v) is 45.3. The molecule has 0 unspecified atom stereocenters. The van der Waals surface area contributed by atoms with Crippen LogP contribution in [0.15, 0.2) is 303 Å². The molecule has 0 fully saturated rings. The highest BCUT2D eigenvalue weighted by atomic mass is 15.2. The quantitative estimate of drug-likeness (QED) is 0.173. The number of hydrogen-bond acceptors (Lipinski definition) is 2. The number of hydrogen-bond donors (Lipinski definition) is 0. The third kappa shape index (κ3) is 5.37. The van der Waals surface area contributed by atoms with Crippen LogP contribution in [0.4, 0.5) is 34.1 Å². The lowest BCUT2D eigenvalue weighted by Gasteiger charge is -2.45. The second-order valence-corrected chi connectivity index (χ2v) is 23.2. The molecule has 0 radical (unpaired) electrons. The van der Waals surface area contributed by atoms with Gasteiger partial charge in [-0.3, -0.25) is 0 Å². The van der Waals surface area contributed by atoms with Crippen LogP contribution in [-0.2, 0) is 16.2 Å². The minimum atomic E-state index is -0.662. The van der Waals surface area contributed by atoms with Crippen molar-refractivity contribution in [3.8, 4) is 55.6 Å². The van der Waals surface area contributed by atoms with Gasteiger partial charge in [-0.2, -0.15) is 0 Å². The number of benzene rings is 13. The summed E-state index contributed by atoms with van der Waals surface area (Å²) in [4.78, 5) is 5.16. The van der Waals surface area contributed by atoms with E-state index in [-0.39, 0.29) is 0 Å². The van der Waals surface area contributed by atoms with Crippen molar-refractivity contribution in [1.82, 2.24) is 0 Å². The van der Waals surface area contributed by atoms with E-state index in [4.69, 9.17) is 0 Å². The lowest BCUT2D eigenvalue weighted by atomic mass is 9.64. The third-order valence-corrected chi connectivity index (χ3v) is 19.9. The van der Waals surface area contributed by atoms with E-state index in [0.717, 1.165) is 22.7 Å². The summed E-state index contributed by atoms with van der Waals surface area (Å²) in [7, 11) is 0. The Morgan fingerprint density at radius 1 is 0.217 bits per heavy atom. The highest BCUT2D eigenvalue weighted by Crippen LogP contribution is 2.69. The van der Waals surface area contributed by atoms with E-state index in [1.807, 2.05) is 0 Å². The first-order valence-corrected chi connectivity index (χ1v) is 29.2. The maximum atomic E-state index is 2.68. The van der Waals surface area contributed by atoms with Gasteiger partial charge in [0.25, 0.3) is 0 Å². The number of rotatable bonds is 4. The molecule has 1 heterocycles. The van der Waals surface area contributed by atoms with Crippen LogP contribution in [0.25, 0.3) is 55.6 Å². The average molecular weight is 1050 g/mol. The summed E-state index contributed by atoms with van der Waals surface area (Å²) in [5.41, 5.74) is 33.7. The highest BCUT2D eigenvalue weighted by molar-refractivity contribution is 6.06. The Labute approximate surface area is 483 Å². The Hall–Kier alpha value is -10.5. The molecule has 0 saturated heterocycles. The molecular weight excluding hydrogens is 1000 g/mol. The molecule has 3 spiro atoms. The fraction of sp³-hybridized carbons (Fsp3) is 0.0370. The Morgan fingerprint density at radius 2 is 0.518 bits per heavy atom. The number of para-hydroxylation sites is 3. The van der Waals surface area contributed by atoms with Crippen LogP contribution in [0.5, 0.6) is 0 Å². The Bertz CT molecular complexity index is 4630. The van der Waals surface area contributed by atoms with Crippen LogP contribution in [0.3, 0.4) is 0 Å². The van der Waals surface area contributed by atoms with Gasteiger partial charge < -0.3 is 9.80 Å². The molecule has 2 nitrogen and oxygen atoms in total. The summed E-state index contributed by atoms with van der Waals surface area (Å²) in [5, 5.41) is 0. The van der Waals surface area contributed by atoms with Gasteiger partial charge in [-0.05, 0) is 160 Å². The van der Waals surface area contributed by atoms with Crippen LogP contribution in [0, 0.1) is 0 Å². The van der Waals surface area contributed by atoms with Gasteiger partial charge in [0.1, 0.15) is 0 Å². The summed E-state index contributed by atoms with van der Waals surface area (Å²) in [6.45, 7) is 0. The Balaban J connectivity index is 0.941. The lowest BCUT2D eigenvalue weighted by Crippen LogP contribution is -2.36. The minimum Gasteiger partial charge on any atom is -0.310 e. The van der Waals surface area contributed by atoms with Crippen molar-refractivity contribution >= 4 is 34.1 Å². The number of anilines is 6. The minimum absolute atomic E-state index is 0.531. The smallest absolute Gasteiger partial charge is 0.0755 e. The molecule has 83 heavy (non-hydrogen) atoms. The predicted molar refractivity (Wildman–Crippen MR) is 339 cm³/mol. The van der Waals surface area contributed by atoms with Gasteiger partial charge in [0, 0.05) is 22.5 Å². The molecule has 5 aliphatic carbocycles. The summed E-state index contributed by atoms with van der Waals surface area (Å²) in [6, 6.07) is 116. The van der Waals surface area contributed by atoms with Gasteiger partial charge in [-0.15, -0.1) is 0 Å². The average Bonchev–Trinajstić information content (AvgIpc) is 2.35.